The van der Waals surface area contributed by atoms with Crippen molar-refractivity contribution >= 4 is 5.91 Å². The summed E-state index contributed by atoms with van der Waals surface area (Å²) in [7, 11) is 0. The van der Waals surface area contributed by atoms with Crippen LogP contribution in [0, 0.1) is 6.92 Å². The molecule has 0 bridgehead atoms. The Morgan fingerprint density at radius 1 is 1.40 bits per heavy atom. The van der Waals surface area contributed by atoms with Crippen LogP contribution < -0.4 is 0 Å². The zero-order valence-corrected chi connectivity index (χ0v) is 13.5. The van der Waals surface area contributed by atoms with Gasteiger partial charge in [-0.25, -0.2) is 0 Å². The Bertz CT molecular complexity index is 772. The predicted molar refractivity (Wildman–Crippen MR) is 83.6 cm³/mol. The molecule has 1 fully saturated rings. The number of aromatic amines is 1. The molecule has 1 amide bonds. The molecule has 2 heterocycles. The third kappa shape index (κ3) is 3.68. The highest BCUT2D eigenvalue weighted by Gasteiger charge is 2.41. The van der Waals surface area contributed by atoms with Crippen LogP contribution >= 0.6 is 0 Å². The number of nitrogens with zero attached hydrogens (tertiary/aromatic N) is 2. The number of aryl methyl sites for hydroxylation is 1. The minimum absolute atomic E-state index is 0.0121. The second kappa shape index (κ2) is 6.51. The highest BCUT2D eigenvalue weighted by molar-refractivity contribution is 5.79. The molecule has 2 atom stereocenters. The molecule has 1 aromatic heterocycles. The van der Waals surface area contributed by atoms with E-state index in [0.29, 0.717) is 5.69 Å². The van der Waals surface area contributed by atoms with Crippen molar-refractivity contribution in [2.24, 2.45) is 0 Å². The molecular weight excluding hydrogens is 335 g/mol. The molecule has 0 aliphatic carbocycles. The van der Waals surface area contributed by atoms with E-state index in [4.69, 9.17) is 0 Å². The molecule has 0 saturated carbocycles. The van der Waals surface area contributed by atoms with E-state index in [9.17, 15) is 23.1 Å². The molecular formula is C17H18F3N3O2. The van der Waals surface area contributed by atoms with Crippen molar-refractivity contribution < 1.29 is 23.1 Å². The van der Waals surface area contributed by atoms with Crippen molar-refractivity contribution in [3.63, 3.8) is 0 Å². The van der Waals surface area contributed by atoms with Crippen LogP contribution in [0.25, 0.3) is 0 Å². The maximum Gasteiger partial charge on any atom is 0.416 e. The number of halogens is 3. The lowest BCUT2D eigenvalue weighted by molar-refractivity contribution is -0.140. The van der Waals surface area contributed by atoms with Gasteiger partial charge in [0, 0.05) is 12.2 Å². The van der Waals surface area contributed by atoms with Crippen molar-refractivity contribution in [2.75, 3.05) is 6.54 Å². The van der Waals surface area contributed by atoms with Crippen molar-refractivity contribution in [3.05, 3.63) is 52.8 Å². The van der Waals surface area contributed by atoms with Gasteiger partial charge in [-0.2, -0.15) is 18.3 Å². The molecule has 1 aliphatic heterocycles. The molecule has 1 aliphatic rings. The Hall–Kier alpha value is -2.35. The minimum atomic E-state index is -4.52. The van der Waals surface area contributed by atoms with E-state index < -0.39 is 23.9 Å². The number of H-pyrrole nitrogens is 1. The second-order valence-corrected chi connectivity index (χ2v) is 6.26. The third-order valence-corrected chi connectivity index (χ3v) is 4.32. The normalized spacial score (nSPS) is 20.9. The lowest BCUT2D eigenvalue weighted by Gasteiger charge is -2.27. The highest BCUT2D eigenvalue weighted by Crippen LogP contribution is 2.40. The Morgan fingerprint density at radius 2 is 2.12 bits per heavy atom. The van der Waals surface area contributed by atoms with Gasteiger partial charge in [0.1, 0.15) is 0 Å². The van der Waals surface area contributed by atoms with Crippen LogP contribution in [0.1, 0.15) is 35.0 Å². The van der Waals surface area contributed by atoms with Gasteiger partial charge < -0.3 is 10.0 Å². The summed E-state index contributed by atoms with van der Waals surface area (Å²) in [6, 6.07) is 6.10. The monoisotopic (exact) mass is 353 g/mol. The standard InChI is InChI=1S/C17H18F3N3O2/c1-10-6-11(22-21-10)7-16(25)23-9-12(24)8-15(23)13-4-2-3-5-14(13)17(18,19)20/h2-6,12,15,24H,7-9H2,1H3,(H,21,22)/t12-,15-/m1/s1. The molecule has 25 heavy (non-hydrogen) atoms. The SMILES string of the molecule is Cc1cc(CC(=O)N2C[C@H](O)C[C@@H]2c2ccccc2C(F)(F)F)n[nH]1. The van der Waals surface area contributed by atoms with E-state index in [2.05, 4.69) is 10.2 Å². The van der Waals surface area contributed by atoms with Gasteiger partial charge in [0.2, 0.25) is 5.91 Å². The topological polar surface area (TPSA) is 69.2 Å². The lowest BCUT2D eigenvalue weighted by atomic mass is 9.97. The summed E-state index contributed by atoms with van der Waals surface area (Å²) in [6.45, 7) is 1.81. The molecule has 2 aromatic rings. The largest absolute Gasteiger partial charge is 0.416 e. The van der Waals surface area contributed by atoms with Crippen LogP contribution in [0.4, 0.5) is 13.2 Å². The van der Waals surface area contributed by atoms with Gasteiger partial charge in [-0.1, -0.05) is 18.2 Å². The molecule has 0 spiro atoms. The number of carbonyl (C=O) groups excluding carboxylic acids is 1. The van der Waals surface area contributed by atoms with Gasteiger partial charge >= 0.3 is 6.18 Å². The summed E-state index contributed by atoms with van der Waals surface area (Å²) in [4.78, 5) is 13.9. The molecule has 134 valence electrons. The maximum atomic E-state index is 13.3. The molecule has 1 aromatic carbocycles. The summed E-state index contributed by atoms with van der Waals surface area (Å²) >= 11 is 0. The van der Waals surface area contributed by atoms with Crippen LogP contribution in [0.3, 0.4) is 0 Å². The molecule has 8 heteroatoms. The van der Waals surface area contributed by atoms with Crippen LogP contribution in [-0.2, 0) is 17.4 Å². The number of aliphatic hydroxyl groups is 1. The van der Waals surface area contributed by atoms with Crippen molar-refractivity contribution in [3.8, 4) is 0 Å². The number of β-amino-alcohol motifs (C(OH)–C–C–N with tert-alkyl or cyclic N) is 1. The van der Waals surface area contributed by atoms with E-state index in [-0.39, 0.29) is 30.9 Å². The molecule has 0 radical (unpaired) electrons. The summed E-state index contributed by atoms with van der Waals surface area (Å²) in [6.07, 6.45) is -5.31. The van der Waals surface area contributed by atoms with E-state index in [1.165, 1.54) is 23.1 Å². The van der Waals surface area contributed by atoms with Gasteiger partial charge in [-0.15, -0.1) is 0 Å². The van der Waals surface area contributed by atoms with E-state index >= 15 is 0 Å². The maximum absolute atomic E-state index is 13.3. The van der Waals surface area contributed by atoms with Gasteiger partial charge in [0.25, 0.3) is 0 Å². The Kier molecular flexibility index (Phi) is 4.55. The number of alkyl halides is 3. The van der Waals surface area contributed by atoms with Gasteiger partial charge in [0.15, 0.2) is 0 Å². The van der Waals surface area contributed by atoms with Crippen LogP contribution in [0.2, 0.25) is 0 Å². The molecule has 0 unspecified atom stereocenters. The summed E-state index contributed by atoms with van der Waals surface area (Å²) in [5.41, 5.74) is 0.551. The van der Waals surface area contributed by atoms with Crippen LogP contribution in [-0.4, -0.2) is 38.8 Å². The van der Waals surface area contributed by atoms with Crippen LogP contribution in [0.5, 0.6) is 0 Å². The fourth-order valence-corrected chi connectivity index (χ4v) is 3.25. The van der Waals surface area contributed by atoms with Gasteiger partial charge in [-0.05, 0) is 31.0 Å². The molecule has 5 nitrogen and oxygen atoms in total. The second-order valence-electron chi connectivity index (χ2n) is 6.26. The first-order chi connectivity index (χ1) is 11.8. The molecule has 3 rings (SSSR count). The first-order valence-corrected chi connectivity index (χ1v) is 7.90. The predicted octanol–water partition coefficient (Wildman–Crippen LogP) is 2.61. The number of hydrogen-bond acceptors (Lipinski definition) is 3. The Morgan fingerprint density at radius 3 is 2.76 bits per heavy atom. The first kappa shape index (κ1) is 17.5. The lowest BCUT2D eigenvalue weighted by Crippen LogP contribution is -2.33. The number of rotatable bonds is 3. The summed E-state index contributed by atoms with van der Waals surface area (Å²) in [5, 5.41) is 16.7. The van der Waals surface area contributed by atoms with Crippen molar-refractivity contribution in [1.82, 2.24) is 15.1 Å². The molecule has 2 N–H and O–H groups in total. The number of likely N-dealkylation sites (tertiary alicyclic amines) is 1. The average molecular weight is 353 g/mol. The van der Waals surface area contributed by atoms with E-state index in [0.717, 1.165) is 11.8 Å². The smallest absolute Gasteiger partial charge is 0.391 e. The minimum Gasteiger partial charge on any atom is -0.391 e. The number of hydrogen-bond donors (Lipinski definition) is 2. The summed E-state index contributed by atoms with van der Waals surface area (Å²) in [5.74, 6) is -0.356. The number of carbonyl (C=O) groups is 1. The molecule has 1 saturated heterocycles. The fraction of sp³-hybridized carbons (Fsp3) is 0.412. The van der Waals surface area contributed by atoms with Gasteiger partial charge in [-0.3, -0.25) is 9.89 Å². The zero-order valence-electron chi connectivity index (χ0n) is 13.5. The number of benzene rings is 1. The quantitative estimate of drug-likeness (QED) is 0.891. The number of amides is 1. The highest BCUT2D eigenvalue weighted by atomic mass is 19.4. The van der Waals surface area contributed by atoms with Crippen molar-refractivity contribution in [2.45, 2.75) is 38.1 Å². The fourth-order valence-electron chi connectivity index (χ4n) is 3.25. The Balaban J connectivity index is 1.89. The third-order valence-electron chi connectivity index (χ3n) is 4.32. The number of nitrogens with one attached hydrogen (secondary N) is 1. The average Bonchev–Trinajstić information content (AvgIpc) is 3.12. The first-order valence-electron chi connectivity index (χ1n) is 7.90. The zero-order chi connectivity index (χ0) is 18.2. The van der Waals surface area contributed by atoms with Gasteiger partial charge in [0.05, 0.1) is 29.8 Å². The van der Waals surface area contributed by atoms with Crippen LogP contribution in [0.15, 0.2) is 30.3 Å². The number of aromatic nitrogens is 2. The number of aliphatic hydroxyl groups excluding tert-OH is 1. The summed E-state index contributed by atoms with van der Waals surface area (Å²) < 4.78 is 39.9. The van der Waals surface area contributed by atoms with E-state index in [1.807, 2.05) is 0 Å². The van der Waals surface area contributed by atoms with Crippen molar-refractivity contribution in [1.29, 1.82) is 0 Å². The Labute approximate surface area is 142 Å². The van der Waals surface area contributed by atoms with E-state index in [1.54, 1.807) is 13.0 Å².